The molecule has 144 heavy (non-hydrogen) atoms. The Hall–Kier alpha value is -4.36. The van der Waals surface area contributed by atoms with Gasteiger partial charge in [0.05, 0.1) is 78.8 Å². The van der Waals surface area contributed by atoms with Gasteiger partial charge in [0.2, 0.25) is 23.6 Å². The molecule has 60 atom stereocenters. The number of nitrogens with one attached hydrogen (secondary N) is 4. The van der Waals surface area contributed by atoms with Crippen LogP contribution in [0, 0.1) is 0 Å². The first-order valence-electron chi connectivity index (χ1n) is 46.0. The number of aliphatic hydroxyl groups excluding tert-OH is 33. The summed E-state index contributed by atoms with van der Waals surface area (Å²) in [5.41, 5.74) is 0. The average Bonchev–Trinajstić information content (AvgIpc) is 0.771. The summed E-state index contributed by atoms with van der Waals surface area (Å²) in [6.07, 6.45) is -120. The van der Waals surface area contributed by atoms with Crippen molar-refractivity contribution >= 4 is 23.6 Å². The summed E-state index contributed by atoms with van der Waals surface area (Å²) >= 11 is 0. The number of ether oxygens (including phenoxy) is 23. The smallest absolute Gasteiger partial charge is 0.217 e. The molecule has 0 saturated carbocycles. The monoisotopic (exact) mass is 2110 g/mol. The summed E-state index contributed by atoms with van der Waals surface area (Å²) in [6, 6.07) is -8.05. The molecule has 12 rings (SSSR count). The molecule has 0 aromatic heterocycles. The lowest BCUT2D eigenvalue weighted by molar-refractivity contribution is -0.400. The van der Waals surface area contributed by atoms with Gasteiger partial charge in [-0.15, -0.1) is 0 Å². The molecule has 12 aliphatic rings. The topological polar surface area (TPSA) is 996 Å². The van der Waals surface area contributed by atoms with Crippen LogP contribution in [0.4, 0.5) is 0 Å². The number of hydrogen-bond donors (Lipinski definition) is 37. The molecule has 834 valence electrons. The maximum absolute atomic E-state index is 13.4. The van der Waals surface area contributed by atoms with E-state index in [1.165, 1.54) is 6.92 Å². The molecule has 4 amide bonds. The van der Waals surface area contributed by atoms with Crippen molar-refractivity contribution in [2.24, 2.45) is 0 Å². The van der Waals surface area contributed by atoms with E-state index in [0.717, 1.165) is 27.7 Å². The zero-order valence-electron chi connectivity index (χ0n) is 77.2. The van der Waals surface area contributed by atoms with E-state index in [9.17, 15) is 188 Å². The third-order valence-electron chi connectivity index (χ3n) is 26.6. The second-order valence-electron chi connectivity index (χ2n) is 36.6. The van der Waals surface area contributed by atoms with E-state index in [1.807, 2.05) is 0 Å². The minimum absolute atomic E-state index is 0.874. The van der Waals surface area contributed by atoms with Crippen LogP contribution in [0.25, 0.3) is 0 Å². The minimum Gasteiger partial charge on any atom is -0.394 e. The zero-order chi connectivity index (χ0) is 106. The second-order valence-corrected chi connectivity index (χ2v) is 36.6. The number of aliphatic hydroxyl groups is 33. The Morgan fingerprint density at radius 1 is 0.194 bits per heavy atom. The van der Waals surface area contributed by atoms with E-state index in [1.54, 1.807) is 0 Å². The Balaban J connectivity index is 0.856. The fraction of sp³-hybridized carbons (Fsp3) is 0.950. The van der Waals surface area contributed by atoms with E-state index in [-0.39, 0.29) is 0 Å². The fourth-order valence-electron chi connectivity index (χ4n) is 18.7. The van der Waals surface area contributed by atoms with Gasteiger partial charge >= 0.3 is 0 Å². The van der Waals surface area contributed by atoms with Gasteiger partial charge in [-0.3, -0.25) is 19.2 Å². The molecule has 64 heteroatoms. The largest absolute Gasteiger partial charge is 0.394 e. The molecular formula is C80H134N4O60. The summed E-state index contributed by atoms with van der Waals surface area (Å²) in [5, 5.41) is 380. The van der Waals surface area contributed by atoms with Crippen LogP contribution < -0.4 is 21.3 Å². The van der Waals surface area contributed by atoms with Gasteiger partial charge in [0.1, 0.15) is 287 Å². The van der Waals surface area contributed by atoms with E-state index in [2.05, 4.69) is 21.3 Å². The minimum atomic E-state index is -2.71. The van der Waals surface area contributed by atoms with Gasteiger partial charge in [-0.2, -0.15) is 0 Å². The van der Waals surface area contributed by atoms with Crippen LogP contribution in [-0.2, 0) is 128 Å². The van der Waals surface area contributed by atoms with Gasteiger partial charge in [0.15, 0.2) is 75.5 Å². The van der Waals surface area contributed by atoms with Crippen molar-refractivity contribution < 1.29 is 297 Å². The molecule has 12 saturated heterocycles. The van der Waals surface area contributed by atoms with E-state index in [4.69, 9.17) is 109 Å². The van der Waals surface area contributed by atoms with Crippen LogP contribution in [-0.4, -0.2) is 633 Å². The van der Waals surface area contributed by atoms with Gasteiger partial charge in [-0.1, -0.05) is 0 Å². The van der Waals surface area contributed by atoms with Gasteiger partial charge < -0.3 is 299 Å². The molecule has 0 bridgehead atoms. The van der Waals surface area contributed by atoms with Crippen molar-refractivity contribution in [3.63, 3.8) is 0 Å². The molecule has 0 aromatic carbocycles. The van der Waals surface area contributed by atoms with Crippen LogP contribution >= 0.6 is 0 Å². The normalized spacial score (nSPS) is 50.4. The molecule has 0 aliphatic carbocycles. The summed E-state index contributed by atoms with van der Waals surface area (Å²) < 4.78 is 137. The number of hydrogen-bond acceptors (Lipinski definition) is 60. The highest BCUT2D eigenvalue weighted by Crippen LogP contribution is 2.43. The van der Waals surface area contributed by atoms with Gasteiger partial charge in [-0.05, 0) is 6.92 Å². The highest BCUT2D eigenvalue weighted by Gasteiger charge is 2.64. The fourth-order valence-corrected chi connectivity index (χ4v) is 18.7. The molecule has 0 unspecified atom stereocenters. The van der Waals surface area contributed by atoms with Gasteiger partial charge in [0, 0.05) is 27.7 Å². The van der Waals surface area contributed by atoms with Crippen LogP contribution in [0.3, 0.4) is 0 Å². The van der Waals surface area contributed by atoms with Crippen molar-refractivity contribution in [1.82, 2.24) is 21.3 Å². The van der Waals surface area contributed by atoms with Crippen LogP contribution in [0.5, 0.6) is 0 Å². The first-order chi connectivity index (χ1) is 68.1. The summed E-state index contributed by atoms with van der Waals surface area (Å²) in [4.78, 5) is 52.5. The maximum atomic E-state index is 13.4. The van der Waals surface area contributed by atoms with Crippen molar-refractivity contribution in [2.45, 2.75) is 403 Å². The maximum Gasteiger partial charge on any atom is 0.217 e. The summed E-state index contributed by atoms with van der Waals surface area (Å²) in [6.45, 7) is -7.77. The lowest BCUT2D eigenvalue weighted by Crippen LogP contribution is -2.71. The molecule has 12 fully saturated rings. The second kappa shape index (κ2) is 51.6. The molecule has 0 aromatic rings. The molecule has 0 radical (unpaired) electrons. The highest BCUT2D eigenvalue weighted by molar-refractivity contribution is 5.74. The molecule has 12 heterocycles. The number of rotatable bonds is 37. The first kappa shape index (κ1) is 118. The van der Waals surface area contributed by atoms with Crippen LogP contribution in [0.15, 0.2) is 0 Å². The standard InChI is InChI=1S/C80H134N4O60/c1-17-37(98)49(110)54(115)73(124-17)122-16-32-63(45(106)33(69(121)125-32)81-18(2)94)136-70-34(82-19(3)95)46(107)62(28(12-91)132-70)139-78-59(120)66(142-80-68(53(114)41(102)25(9-88)131-80)144-72-36(84-21(5)97)48(109)61(30(14-93)134-72)138-77-58(119)65(43(104)27(11-90)129-77)141-75-56(117)51(112)39(100)23(7-86)127-75)44(105)31(135-78)15-123-79-67(52(113)40(101)24(8-87)130-79)143-71-35(83-20(4)96)47(108)60(29(13-92)133-71)137-76-57(118)64(42(103)26(10-89)128-76)140-74-55(116)50(111)38(99)22(6-85)126-74/h17,22-80,85-93,98-121H,6-16H2,1-5H3,(H,81,94)(H,82,95)(H,83,96)(H,84,97)/t17-,22+,23+,24+,25+,26+,27+,28+,29+,30+,31+,32+,33+,34+,35+,36-,37+,38-,39-,40+,41+,42-,43-,44+,45+,46+,47+,48+,49+,50-,51-,52-,53-,54-,55+,56+,57+,58+,59-,60+,61+,62+,63+,64-,65-,66-,67-,68-,69+,70-,71-,72-,73+,74-,75-,76-,77-,78-,79-,80+/m0/s1. The molecule has 0 spiro atoms. The number of carbonyl (C=O) groups excluding carboxylic acids is 4. The Bertz CT molecular complexity index is 3980. The number of carbonyl (C=O) groups is 4. The lowest BCUT2D eigenvalue weighted by atomic mass is 9.93. The van der Waals surface area contributed by atoms with E-state index in [0.29, 0.717) is 0 Å². The quantitative estimate of drug-likeness (QED) is 0.0275. The van der Waals surface area contributed by atoms with E-state index < -0.39 is 465 Å². The van der Waals surface area contributed by atoms with Crippen molar-refractivity contribution in [2.75, 3.05) is 72.7 Å². The SMILES string of the molecule is CC(=O)N[C@@H]1[C@H](O[C@@H]2[C@@H](O[C@@H]3[C@H](O)[C@H](O[C@H]4[C@H](O)[C@@H](NC(C)=O)[C@H](O[C@H]5[C@H](O)[C@@H](NC(C)=O)[C@H](O)O[C@@H]5CO[C@@H]5O[C@@H](C)[C@@H](O)[C@@H](O)[C@@H]5O)O[C@@H]4CO)O[C@H](CO[C@H]4O[C@H](CO)[C@@H](O)[C@H](O)[C@@H]4O[C@@H]4O[C@H](CO)[C@@H](O[C@@H]5O[C@H](CO)[C@H](O)[C@H](O[C@@H]6O[C@H](CO)[C@H](O)[C@H](O)[C@H]6O)[C@H]5O)[C@H](O)[C@H]4NC(C)=O)[C@H]3O)O[C@H](CO)[C@@H](O)[C@@H]2O)O[C@H](CO)[C@@H](O[C@@H]2O[C@H](CO)[C@H](O)[C@H](O[C@@H]3O[C@H](CO)[C@H](O)[C@H](O)[C@H]3O)[C@H]2O)[C@@H]1O. The molecule has 12 aliphatic heterocycles. The molecule has 64 nitrogen and oxygen atoms in total. The highest BCUT2D eigenvalue weighted by atomic mass is 16.8. The van der Waals surface area contributed by atoms with E-state index >= 15 is 0 Å². The van der Waals surface area contributed by atoms with Gasteiger partial charge in [0.25, 0.3) is 0 Å². The predicted octanol–water partition coefficient (Wildman–Crippen LogP) is -25.6. The van der Waals surface area contributed by atoms with Crippen LogP contribution in [0.2, 0.25) is 0 Å². The van der Waals surface area contributed by atoms with Crippen molar-refractivity contribution in [3.05, 3.63) is 0 Å². The number of amides is 4. The van der Waals surface area contributed by atoms with Crippen LogP contribution in [0.1, 0.15) is 34.6 Å². The third-order valence-corrected chi connectivity index (χ3v) is 26.6. The van der Waals surface area contributed by atoms with Crippen molar-refractivity contribution in [3.8, 4) is 0 Å². The average molecular weight is 2110 g/mol. The third kappa shape index (κ3) is 25.8. The van der Waals surface area contributed by atoms with Gasteiger partial charge in [-0.25, -0.2) is 0 Å². The first-order valence-corrected chi connectivity index (χ1v) is 46.0. The summed E-state index contributed by atoms with van der Waals surface area (Å²) in [5.74, 6) is -3.98. The molecular weight excluding hydrogens is 1980 g/mol. The Kier molecular flexibility index (Phi) is 42.4. The van der Waals surface area contributed by atoms with Crippen molar-refractivity contribution in [1.29, 1.82) is 0 Å². The Labute approximate surface area is 814 Å². The Morgan fingerprint density at radius 2 is 0.424 bits per heavy atom. The lowest BCUT2D eigenvalue weighted by Gasteiger charge is -2.51. The zero-order valence-corrected chi connectivity index (χ0v) is 77.2. The Morgan fingerprint density at radius 3 is 0.778 bits per heavy atom. The summed E-state index contributed by atoms with van der Waals surface area (Å²) in [7, 11) is 0. The predicted molar refractivity (Wildman–Crippen MR) is 440 cm³/mol. The molecule has 37 N–H and O–H groups in total.